The van der Waals surface area contributed by atoms with Crippen molar-refractivity contribution in [1.82, 2.24) is 9.29 Å². The van der Waals surface area contributed by atoms with Crippen LogP contribution in [0.3, 0.4) is 0 Å². The molecule has 2 heterocycles. The average molecular weight is 355 g/mol. The summed E-state index contributed by atoms with van der Waals surface area (Å²) in [6.07, 6.45) is 0.347. The number of hydrogen-bond acceptors (Lipinski definition) is 5. The minimum Gasteiger partial charge on any atom is -0.481 e. The molecular weight excluding hydrogens is 344 g/mol. The van der Waals surface area contributed by atoms with Gasteiger partial charge in [-0.1, -0.05) is 11.3 Å². The number of carbonyl (C=O) groups is 1. The predicted molar refractivity (Wildman–Crippen MR) is 69.1 cm³/mol. The summed E-state index contributed by atoms with van der Waals surface area (Å²) in [7, 11) is -3.66. The van der Waals surface area contributed by atoms with Crippen LogP contribution in [0.25, 0.3) is 0 Å². The van der Waals surface area contributed by atoms with Gasteiger partial charge in [0.15, 0.2) is 0 Å². The highest BCUT2D eigenvalue weighted by atomic mass is 79.9. The minimum atomic E-state index is -3.66. The third kappa shape index (κ3) is 2.44. The lowest BCUT2D eigenvalue weighted by molar-refractivity contribution is -0.141. The number of carboxylic acids is 1. The van der Waals surface area contributed by atoms with E-state index >= 15 is 0 Å². The maximum absolute atomic E-state index is 12.2. The molecule has 1 aliphatic rings. The van der Waals surface area contributed by atoms with Gasteiger partial charge in [-0.25, -0.2) is 13.4 Å². The van der Waals surface area contributed by atoms with Gasteiger partial charge in [-0.2, -0.15) is 4.31 Å². The monoisotopic (exact) mass is 354 g/mol. The molecule has 1 fully saturated rings. The van der Waals surface area contributed by atoms with E-state index in [4.69, 9.17) is 5.11 Å². The molecule has 1 atom stereocenters. The van der Waals surface area contributed by atoms with Gasteiger partial charge in [0.1, 0.15) is 0 Å². The molecule has 1 aromatic rings. The molecule has 18 heavy (non-hydrogen) atoms. The molecule has 1 aliphatic heterocycles. The molecule has 0 aliphatic carbocycles. The van der Waals surface area contributed by atoms with Crippen molar-refractivity contribution in [3.8, 4) is 0 Å². The Balaban J connectivity index is 2.25. The number of nitrogens with zero attached hydrogens (tertiary/aromatic N) is 2. The third-order valence-corrected chi connectivity index (χ3v) is 7.01. The van der Waals surface area contributed by atoms with Crippen molar-refractivity contribution < 1.29 is 18.3 Å². The lowest BCUT2D eigenvalue weighted by Crippen LogP contribution is -2.30. The van der Waals surface area contributed by atoms with Crippen LogP contribution in [0.1, 0.15) is 12.1 Å². The summed E-state index contributed by atoms with van der Waals surface area (Å²) in [5, 5.41) is 8.87. The Hall–Kier alpha value is -0.510. The van der Waals surface area contributed by atoms with Crippen LogP contribution in [0.15, 0.2) is 8.13 Å². The zero-order chi connectivity index (χ0) is 13.5. The molecule has 0 spiro atoms. The molecular formula is C9H11BrN2O4S2. The molecule has 100 valence electrons. The Morgan fingerprint density at radius 2 is 2.28 bits per heavy atom. The topological polar surface area (TPSA) is 87.6 Å². The van der Waals surface area contributed by atoms with E-state index in [1.807, 2.05) is 0 Å². The quantitative estimate of drug-likeness (QED) is 0.883. The van der Waals surface area contributed by atoms with Crippen molar-refractivity contribution in [1.29, 1.82) is 0 Å². The Morgan fingerprint density at radius 3 is 2.72 bits per heavy atom. The second-order valence-electron chi connectivity index (χ2n) is 4.03. The molecule has 2 rings (SSSR count). The number of rotatable bonds is 3. The molecule has 0 radical (unpaired) electrons. The minimum absolute atomic E-state index is 0.0120. The predicted octanol–water partition coefficient (Wildman–Crippen LogP) is 1.31. The molecule has 0 amide bonds. The van der Waals surface area contributed by atoms with Crippen LogP contribution >= 0.6 is 27.3 Å². The molecule has 0 saturated carbocycles. The average Bonchev–Trinajstić information content (AvgIpc) is 2.87. The fraction of sp³-hybridized carbons (Fsp3) is 0.556. The first-order valence-electron chi connectivity index (χ1n) is 5.18. The standard InChI is InChI=1S/C9H11BrN2O4S2/c1-5-7(10)17-9(11-5)18(15,16)12-3-2-6(4-12)8(13)14/h6H,2-4H2,1H3,(H,13,14). The summed E-state index contributed by atoms with van der Waals surface area (Å²) >= 11 is 4.28. The van der Waals surface area contributed by atoms with Crippen LogP contribution in [-0.2, 0) is 14.8 Å². The summed E-state index contributed by atoms with van der Waals surface area (Å²) in [6.45, 7) is 1.97. The number of aryl methyl sites for hydroxylation is 1. The van der Waals surface area contributed by atoms with Crippen molar-refractivity contribution >= 4 is 43.3 Å². The summed E-state index contributed by atoms with van der Waals surface area (Å²) in [4.78, 5) is 14.8. The Kier molecular flexibility index (Phi) is 3.77. The van der Waals surface area contributed by atoms with E-state index in [0.717, 1.165) is 11.3 Å². The molecule has 1 unspecified atom stereocenters. The fourth-order valence-electron chi connectivity index (χ4n) is 1.72. The van der Waals surface area contributed by atoms with E-state index in [1.165, 1.54) is 4.31 Å². The van der Waals surface area contributed by atoms with E-state index in [1.54, 1.807) is 6.92 Å². The zero-order valence-electron chi connectivity index (χ0n) is 9.46. The van der Waals surface area contributed by atoms with E-state index < -0.39 is 21.9 Å². The van der Waals surface area contributed by atoms with Gasteiger partial charge in [-0.3, -0.25) is 4.79 Å². The highest BCUT2D eigenvalue weighted by molar-refractivity contribution is 9.11. The number of aliphatic carboxylic acids is 1. The molecule has 1 saturated heterocycles. The SMILES string of the molecule is Cc1nc(S(=O)(=O)N2CCC(C(=O)O)C2)sc1Br. The van der Waals surface area contributed by atoms with Gasteiger partial charge in [-0.15, -0.1) is 0 Å². The van der Waals surface area contributed by atoms with Gasteiger partial charge in [-0.05, 0) is 29.3 Å². The first-order chi connectivity index (χ1) is 8.32. The number of hydrogen-bond donors (Lipinski definition) is 1. The number of sulfonamides is 1. The highest BCUT2D eigenvalue weighted by Gasteiger charge is 2.37. The first kappa shape index (κ1) is 13.9. The number of aromatic nitrogens is 1. The molecule has 1 N–H and O–H groups in total. The van der Waals surface area contributed by atoms with E-state index in [-0.39, 0.29) is 17.4 Å². The summed E-state index contributed by atoms with van der Waals surface area (Å²) in [5.74, 6) is -1.58. The first-order valence-corrected chi connectivity index (χ1v) is 8.23. The zero-order valence-corrected chi connectivity index (χ0v) is 12.7. The van der Waals surface area contributed by atoms with Crippen molar-refractivity contribution in [2.24, 2.45) is 5.92 Å². The van der Waals surface area contributed by atoms with Crippen LogP contribution in [0, 0.1) is 12.8 Å². The van der Waals surface area contributed by atoms with Gasteiger partial charge in [0.2, 0.25) is 4.34 Å². The maximum Gasteiger partial charge on any atom is 0.307 e. The van der Waals surface area contributed by atoms with Crippen LogP contribution in [0.2, 0.25) is 0 Å². The largest absolute Gasteiger partial charge is 0.481 e. The lowest BCUT2D eigenvalue weighted by atomic mass is 10.1. The van der Waals surface area contributed by atoms with Crippen LogP contribution < -0.4 is 0 Å². The van der Waals surface area contributed by atoms with Crippen molar-refractivity contribution in [2.45, 2.75) is 17.7 Å². The second kappa shape index (κ2) is 4.87. The molecule has 0 aromatic carbocycles. The Bertz CT molecular complexity index is 564. The smallest absolute Gasteiger partial charge is 0.307 e. The number of halogens is 1. The maximum atomic E-state index is 12.2. The third-order valence-electron chi connectivity index (χ3n) is 2.78. The molecule has 1 aromatic heterocycles. The van der Waals surface area contributed by atoms with E-state index in [0.29, 0.717) is 15.9 Å². The fourth-order valence-corrected chi connectivity index (χ4v) is 5.30. The van der Waals surface area contributed by atoms with Crippen molar-refractivity contribution in [2.75, 3.05) is 13.1 Å². The molecule has 9 heteroatoms. The van der Waals surface area contributed by atoms with Gasteiger partial charge in [0, 0.05) is 13.1 Å². The van der Waals surface area contributed by atoms with Gasteiger partial charge in [0.05, 0.1) is 15.4 Å². The van der Waals surface area contributed by atoms with Crippen LogP contribution in [-0.4, -0.2) is 41.9 Å². The lowest BCUT2D eigenvalue weighted by Gasteiger charge is -2.13. The van der Waals surface area contributed by atoms with Gasteiger partial charge < -0.3 is 5.11 Å². The van der Waals surface area contributed by atoms with Crippen LogP contribution in [0.5, 0.6) is 0 Å². The van der Waals surface area contributed by atoms with E-state index in [2.05, 4.69) is 20.9 Å². The summed E-state index contributed by atoms with van der Waals surface area (Å²) in [6, 6.07) is 0. The Morgan fingerprint density at radius 1 is 1.61 bits per heavy atom. The summed E-state index contributed by atoms with van der Waals surface area (Å²) < 4.78 is 26.3. The Labute approximate surface area is 117 Å². The summed E-state index contributed by atoms with van der Waals surface area (Å²) in [5.41, 5.74) is 0.618. The van der Waals surface area contributed by atoms with Crippen LogP contribution in [0.4, 0.5) is 0 Å². The molecule has 0 bridgehead atoms. The van der Waals surface area contributed by atoms with Crippen molar-refractivity contribution in [3.05, 3.63) is 9.48 Å². The van der Waals surface area contributed by atoms with Crippen molar-refractivity contribution in [3.63, 3.8) is 0 Å². The normalized spacial score (nSPS) is 21.3. The van der Waals surface area contributed by atoms with Gasteiger partial charge >= 0.3 is 5.97 Å². The molecule has 6 nitrogen and oxygen atoms in total. The van der Waals surface area contributed by atoms with Gasteiger partial charge in [0.25, 0.3) is 10.0 Å². The highest BCUT2D eigenvalue weighted by Crippen LogP contribution is 2.31. The number of thiazole rings is 1. The number of carboxylic acid groups (broad SMARTS) is 1. The second-order valence-corrected chi connectivity index (χ2v) is 8.45. The van der Waals surface area contributed by atoms with E-state index in [9.17, 15) is 13.2 Å².